The van der Waals surface area contributed by atoms with Gasteiger partial charge in [0, 0.05) is 13.1 Å². The van der Waals surface area contributed by atoms with Crippen LogP contribution in [0.2, 0.25) is 0 Å². The first kappa shape index (κ1) is 13.4. The summed E-state index contributed by atoms with van der Waals surface area (Å²) in [6.45, 7) is 5.05. The highest BCUT2D eigenvalue weighted by Crippen LogP contribution is 2.20. The zero-order valence-corrected chi connectivity index (χ0v) is 10.9. The molecule has 6 heteroatoms. The predicted molar refractivity (Wildman–Crippen MR) is 62.4 cm³/mol. The van der Waals surface area contributed by atoms with Crippen molar-refractivity contribution in [3.8, 4) is 0 Å². The van der Waals surface area contributed by atoms with E-state index in [4.69, 9.17) is 0 Å². The van der Waals surface area contributed by atoms with Gasteiger partial charge in [0.1, 0.15) is 6.04 Å². The van der Waals surface area contributed by atoms with Crippen LogP contribution in [0.15, 0.2) is 0 Å². The van der Waals surface area contributed by atoms with Crippen molar-refractivity contribution in [1.29, 1.82) is 0 Å². The summed E-state index contributed by atoms with van der Waals surface area (Å²) >= 11 is 0. The lowest BCUT2D eigenvalue weighted by atomic mass is 10.2. The van der Waals surface area contributed by atoms with Gasteiger partial charge in [-0.15, -0.1) is 0 Å². The van der Waals surface area contributed by atoms with Crippen molar-refractivity contribution in [2.75, 3.05) is 19.3 Å². The number of sulfonamides is 1. The number of hydrogen-bond acceptors (Lipinski definition) is 3. The van der Waals surface area contributed by atoms with Gasteiger partial charge in [0.15, 0.2) is 0 Å². The van der Waals surface area contributed by atoms with E-state index in [0.29, 0.717) is 25.4 Å². The predicted octanol–water partition coefficient (Wildman–Crippen LogP) is 0.183. The lowest BCUT2D eigenvalue weighted by Gasteiger charge is -2.21. The van der Waals surface area contributed by atoms with Gasteiger partial charge in [0.25, 0.3) is 0 Å². The summed E-state index contributed by atoms with van der Waals surface area (Å²) in [6.07, 6.45) is 2.53. The Labute approximate surface area is 97.2 Å². The smallest absolute Gasteiger partial charge is 0.238 e. The van der Waals surface area contributed by atoms with Gasteiger partial charge in [-0.25, -0.2) is 8.42 Å². The van der Waals surface area contributed by atoms with Crippen LogP contribution in [0.5, 0.6) is 0 Å². The van der Waals surface area contributed by atoms with Crippen LogP contribution in [0.3, 0.4) is 0 Å². The van der Waals surface area contributed by atoms with Crippen molar-refractivity contribution in [1.82, 2.24) is 9.62 Å². The molecule has 1 rings (SSSR count). The number of carbonyl (C=O) groups is 1. The number of carbonyl (C=O) groups excluding carboxylic acids is 1. The third kappa shape index (κ3) is 3.45. The number of nitrogens with zero attached hydrogens (tertiary/aromatic N) is 1. The van der Waals surface area contributed by atoms with Crippen molar-refractivity contribution in [3.05, 3.63) is 0 Å². The van der Waals surface area contributed by atoms with Gasteiger partial charge in [-0.2, -0.15) is 4.31 Å². The van der Waals surface area contributed by atoms with Crippen LogP contribution in [0.4, 0.5) is 0 Å². The number of nitrogens with one attached hydrogen (secondary N) is 1. The number of amides is 1. The highest BCUT2D eigenvalue weighted by Gasteiger charge is 2.36. The molecule has 0 radical (unpaired) electrons. The zero-order valence-electron chi connectivity index (χ0n) is 10.1. The Morgan fingerprint density at radius 2 is 2.12 bits per heavy atom. The molecule has 16 heavy (non-hydrogen) atoms. The minimum Gasteiger partial charge on any atom is -0.354 e. The molecule has 1 amide bonds. The summed E-state index contributed by atoms with van der Waals surface area (Å²) in [5.74, 6) is 0.202. The molecule has 1 aliphatic heterocycles. The molecular weight excluding hydrogens is 228 g/mol. The Kier molecular flexibility index (Phi) is 4.32. The Morgan fingerprint density at radius 3 is 2.62 bits per heavy atom. The highest BCUT2D eigenvalue weighted by atomic mass is 32.2. The molecule has 1 unspecified atom stereocenters. The standard InChI is InChI=1S/C10H20N2O3S/c1-8(2)7-11-10(13)9-5-4-6-12(9)16(3,14)15/h8-9H,4-7H2,1-3H3,(H,11,13). The monoisotopic (exact) mass is 248 g/mol. The molecule has 0 saturated carbocycles. The molecule has 1 aliphatic rings. The summed E-state index contributed by atoms with van der Waals surface area (Å²) in [5, 5.41) is 2.78. The second kappa shape index (κ2) is 5.14. The first-order valence-electron chi connectivity index (χ1n) is 5.57. The molecule has 0 aliphatic carbocycles. The molecule has 94 valence electrons. The maximum Gasteiger partial charge on any atom is 0.238 e. The molecule has 0 aromatic carbocycles. The molecular formula is C10H20N2O3S. The molecule has 0 aromatic heterocycles. The maximum atomic E-state index is 11.8. The van der Waals surface area contributed by atoms with E-state index in [1.54, 1.807) is 0 Å². The van der Waals surface area contributed by atoms with Crippen LogP contribution < -0.4 is 5.32 Å². The average molecular weight is 248 g/mol. The Hall–Kier alpha value is -0.620. The van der Waals surface area contributed by atoms with E-state index in [1.165, 1.54) is 4.31 Å². The molecule has 1 atom stereocenters. The Bertz CT molecular complexity index is 351. The Balaban J connectivity index is 2.62. The molecule has 1 fully saturated rings. The molecule has 1 saturated heterocycles. The molecule has 0 aromatic rings. The van der Waals surface area contributed by atoms with Crippen molar-refractivity contribution < 1.29 is 13.2 Å². The lowest BCUT2D eigenvalue weighted by molar-refractivity contribution is -0.124. The molecule has 0 bridgehead atoms. The normalized spacial score (nSPS) is 22.6. The van der Waals surface area contributed by atoms with Gasteiger partial charge in [-0.3, -0.25) is 4.79 Å². The highest BCUT2D eigenvalue weighted by molar-refractivity contribution is 7.88. The average Bonchev–Trinajstić information content (AvgIpc) is 2.61. The summed E-state index contributed by atoms with van der Waals surface area (Å²) in [7, 11) is -3.26. The lowest BCUT2D eigenvalue weighted by Crippen LogP contribution is -2.46. The van der Waals surface area contributed by atoms with E-state index < -0.39 is 16.1 Å². The van der Waals surface area contributed by atoms with Crippen LogP contribution in [0.25, 0.3) is 0 Å². The second-order valence-corrected chi connectivity index (χ2v) is 6.61. The first-order chi connectivity index (χ1) is 7.32. The van der Waals surface area contributed by atoms with Crippen LogP contribution in [0, 0.1) is 5.92 Å². The van der Waals surface area contributed by atoms with Crippen molar-refractivity contribution >= 4 is 15.9 Å². The quantitative estimate of drug-likeness (QED) is 0.772. The van der Waals surface area contributed by atoms with Crippen molar-refractivity contribution in [2.45, 2.75) is 32.7 Å². The van der Waals surface area contributed by atoms with Crippen molar-refractivity contribution in [3.63, 3.8) is 0 Å². The summed E-state index contributed by atoms with van der Waals surface area (Å²) in [4.78, 5) is 11.8. The minimum atomic E-state index is -3.26. The SMILES string of the molecule is CC(C)CNC(=O)C1CCCN1S(C)(=O)=O. The fraction of sp³-hybridized carbons (Fsp3) is 0.900. The molecule has 0 spiro atoms. The van der Waals surface area contributed by atoms with Gasteiger partial charge in [0.2, 0.25) is 15.9 Å². The van der Waals surface area contributed by atoms with Crippen LogP contribution >= 0.6 is 0 Å². The van der Waals surface area contributed by atoms with E-state index in [2.05, 4.69) is 5.32 Å². The molecule has 1 heterocycles. The fourth-order valence-corrected chi connectivity index (χ4v) is 2.95. The van der Waals surface area contributed by atoms with E-state index in [-0.39, 0.29) is 5.91 Å². The summed E-state index contributed by atoms with van der Waals surface area (Å²) in [5.41, 5.74) is 0. The minimum absolute atomic E-state index is 0.170. The van der Waals surface area contributed by atoms with E-state index in [1.807, 2.05) is 13.8 Å². The number of hydrogen-bond donors (Lipinski definition) is 1. The third-order valence-electron chi connectivity index (χ3n) is 2.62. The van der Waals surface area contributed by atoms with Gasteiger partial charge in [-0.05, 0) is 18.8 Å². The summed E-state index contributed by atoms with van der Waals surface area (Å²) < 4.78 is 24.2. The molecule has 5 nitrogen and oxygen atoms in total. The van der Waals surface area contributed by atoms with Gasteiger partial charge in [0.05, 0.1) is 6.26 Å². The summed E-state index contributed by atoms with van der Waals surface area (Å²) in [6, 6.07) is -0.506. The first-order valence-corrected chi connectivity index (χ1v) is 7.41. The van der Waals surface area contributed by atoms with E-state index in [9.17, 15) is 13.2 Å². The van der Waals surface area contributed by atoms with Crippen molar-refractivity contribution in [2.24, 2.45) is 5.92 Å². The fourth-order valence-electron chi connectivity index (χ4n) is 1.82. The van der Waals surface area contributed by atoms with Crippen LogP contribution in [-0.4, -0.2) is 44.0 Å². The zero-order chi connectivity index (χ0) is 12.3. The maximum absolute atomic E-state index is 11.8. The largest absolute Gasteiger partial charge is 0.354 e. The van der Waals surface area contributed by atoms with E-state index in [0.717, 1.165) is 12.7 Å². The Morgan fingerprint density at radius 1 is 1.50 bits per heavy atom. The van der Waals surface area contributed by atoms with Gasteiger partial charge < -0.3 is 5.32 Å². The van der Waals surface area contributed by atoms with E-state index >= 15 is 0 Å². The van der Waals surface area contributed by atoms with Crippen LogP contribution in [0.1, 0.15) is 26.7 Å². The second-order valence-electron chi connectivity index (χ2n) is 4.67. The molecule has 1 N–H and O–H groups in total. The van der Waals surface area contributed by atoms with Gasteiger partial charge >= 0.3 is 0 Å². The number of rotatable bonds is 4. The van der Waals surface area contributed by atoms with Crippen LogP contribution in [-0.2, 0) is 14.8 Å². The third-order valence-corrected chi connectivity index (χ3v) is 3.91. The van der Waals surface area contributed by atoms with Gasteiger partial charge in [-0.1, -0.05) is 13.8 Å². The topological polar surface area (TPSA) is 66.5 Å².